The molecule has 0 fully saturated rings. The number of benzene rings is 2. The molecule has 0 saturated heterocycles. The lowest BCUT2D eigenvalue weighted by atomic mass is 10.1. The van der Waals surface area contributed by atoms with E-state index in [-0.39, 0.29) is 5.69 Å². The third-order valence-corrected chi connectivity index (χ3v) is 5.39. The lowest BCUT2D eigenvalue weighted by Crippen LogP contribution is -2.15. The van der Waals surface area contributed by atoms with Gasteiger partial charge >= 0.3 is 0 Å². The van der Waals surface area contributed by atoms with Gasteiger partial charge in [-0.1, -0.05) is 16.5 Å². The van der Waals surface area contributed by atoms with Gasteiger partial charge in [0.15, 0.2) is 28.1 Å². The Morgan fingerprint density at radius 2 is 2.00 bits per heavy atom. The van der Waals surface area contributed by atoms with Crippen LogP contribution >= 0.6 is 11.3 Å². The zero-order valence-corrected chi connectivity index (χ0v) is 16.8. The summed E-state index contributed by atoms with van der Waals surface area (Å²) in [7, 11) is 0. The Morgan fingerprint density at radius 1 is 1.13 bits per heavy atom. The van der Waals surface area contributed by atoms with Crippen molar-refractivity contribution in [3.8, 4) is 28.6 Å². The molecule has 3 heterocycles. The third-order valence-electron chi connectivity index (χ3n) is 4.46. The van der Waals surface area contributed by atoms with Crippen LogP contribution in [0.25, 0.3) is 21.5 Å². The number of ether oxygens (including phenoxy) is 3. The first kappa shape index (κ1) is 18.4. The SMILES string of the molecule is CCOc1ccc2nc(NC(=O)c3cc(-c4ccc5c(c4)OCCO5)on3)sc2c1. The Morgan fingerprint density at radius 3 is 2.87 bits per heavy atom. The van der Waals surface area contributed by atoms with Crippen molar-refractivity contribution < 1.29 is 23.5 Å². The number of fused-ring (bicyclic) bond motifs is 2. The summed E-state index contributed by atoms with van der Waals surface area (Å²) in [5.41, 5.74) is 1.69. The van der Waals surface area contributed by atoms with Gasteiger partial charge in [-0.05, 0) is 43.3 Å². The largest absolute Gasteiger partial charge is 0.494 e. The molecule has 30 heavy (non-hydrogen) atoms. The molecule has 0 atom stereocenters. The van der Waals surface area contributed by atoms with Crippen LogP contribution < -0.4 is 19.5 Å². The van der Waals surface area contributed by atoms with E-state index in [0.29, 0.717) is 42.2 Å². The van der Waals surface area contributed by atoms with Crippen molar-refractivity contribution in [2.75, 3.05) is 25.1 Å². The van der Waals surface area contributed by atoms with Crippen LogP contribution in [0.4, 0.5) is 5.13 Å². The fraction of sp³-hybridized carbons (Fsp3) is 0.190. The zero-order valence-electron chi connectivity index (χ0n) is 16.0. The number of thiazole rings is 1. The molecule has 152 valence electrons. The molecule has 0 unspecified atom stereocenters. The standard InChI is InChI=1S/C21H17N3O5S/c1-2-26-13-4-5-14-19(10-13)30-21(22-14)23-20(25)15-11-17(29-24-15)12-3-6-16-18(9-12)28-8-7-27-16/h3-6,9-11H,2,7-8H2,1H3,(H,22,23,25). The van der Waals surface area contributed by atoms with Crippen LogP contribution in [0.3, 0.4) is 0 Å². The van der Waals surface area contributed by atoms with Gasteiger partial charge in [-0.15, -0.1) is 0 Å². The summed E-state index contributed by atoms with van der Waals surface area (Å²) in [5.74, 6) is 2.16. The third kappa shape index (κ3) is 3.55. The van der Waals surface area contributed by atoms with E-state index in [4.69, 9.17) is 18.7 Å². The maximum atomic E-state index is 12.6. The van der Waals surface area contributed by atoms with Gasteiger partial charge in [-0.25, -0.2) is 4.98 Å². The predicted octanol–water partition coefficient (Wildman–Crippen LogP) is 4.37. The molecule has 9 heteroatoms. The van der Waals surface area contributed by atoms with Crippen molar-refractivity contribution in [2.24, 2.45) is 0 Å². The van der Waals surface area contributed by atoms with Crippen LogP contribution in [-0.2, 0) is 0 Å². The highest BCUT2D eigenvalue weighted by Crippen LogP contribution is 2.35. The highest BCUT2D eigenvalue weighted by Gasteiger charge is 2.18. The number of anilines is 1. The van der Waals surface area contributed by atoms with E-state index in [9.17, 15) is 4.79 Å². The molecule has 1 aliphatic heterocycles. The predicted molar refractivity (Wildman–Crippen MR) is 112 cm³/mol. The van der Waals surface area contributed by atoms with Crippen molar-refractivity contribution in [1.29, 1.82) is 0 Å². The summed E-state index contributed by atoms with van der Waals surface area (Å²) in [6, 6.07) is 12.7. The number of amides is 1. The Hall–Kier alpha value is -3.59. The van der Waals surface area contributed by atoms with Crippen molar-refractivity contribution in [3.63, 3.8) is 0 Å². The number of carbonyl (C=O) groups is 1. The van der Waals surface area contributed by atoms with E-state index in [1.807, 2.05) is 37.3 Å². The van der Waals surface area contributed by atoms with E-state index in [1.54, 1.807) is 12.1 Å². The smallest absolute Gasteiger partial charge is 0.279 e. The molecule has 0 spiro atoms. The van der Waals surface area contributed by atoms with Crippen LogP contribution in [-0.4, -0.2) is 35.9 Å². The highest BCUT2D eigenvalue weighted by molar-refractivity contribution is 7.22. The minimum absolute atomic E-state index is 0.161. The number of aromatic nitrogens is 2. The molecular formula is C21H17N3O5S. The second-order valence-electron chi connectivity index (χ2n) is 6.47. The van der Waals surface area contributed by atoms with Gasteiger partial charge in [-0.2, -0.15) is 0 Å². The number of hydrogen-bond donors (Lipinski definition) is 1. The summed E-state index contributed by atoms with van der Waals surface area (Å²) < 4.78 is 22.9. The molecule has 1 aliphatic rings. The molecule has 5 rings (SSSR count). The van der Waals surface area contributed by atoms with E-state index in [2.05, 4.69) is 15.5 Å². The second-order valence-corrected chi connectivity index (χ2v) is 7.50. The molecule has 1 N–H and O–H groups in total. The van der Waals surface area contributed by atoms with Gasteiger partial charge in [-0.3, -0.25) is 10.1 Å². The quantitative estimate of drug-likeness (QED) is 0.509. The fourth-order valence-electron chi connectivity index (χ4n) is 3.09. The average molecular weight is 423 g/mol. The van der Waals surface area contributed by atoms with Gasteiger partial charge in [0, 0.05) is 11.6 Å². The van der Waals surface area contributed by atoms with Crippen molar-refractivity contribution >= 4 is 32.6 Å². The van der Waals surface area contributed by atoms with E-state index in [0.717, 1.165) is 21.5 Å². The minimum Gasteiger partial charge on any atom is -0.494 e. The van der Waals surface area contributed by atoms with Crippen LogP contribution in [0.2, 0.25) is 0 Å². The summed E-state index contributed by atoms with van der Waals surface area (Å²) in [6.07, 6.45) is 0. The molecule has 8 nitrogen and oxygen atoms in total. The molecule has 1 amide bonds. The van der Waals surface area contributed by atoms with Crippen LogP contribution in [0.5, 0.6) is 17.2 Å². The summed E-state index contributed by atoms with van der Waals surface area (Å²) >= 11 is 1.37. The monoisotopic (exact) mass is 423 g/mol. The molecular weight excluding hydrogens is 406 g/mol. The average Bonchev–Trinajstić information content (AvgIpc) is 3.40. The fourth-order valence-corrected chi connectivity index (χ4v) is 3.98. The van der Waals surface area contributed by atoms with Gasteiger partial charge < -0.3 is 18.7 Å². The zero-order chi connectivity index (χ0) is 20.5. The minimum atomic E-state index is -0.397. The lowest BCUT2D eigenvalue weighted by molar-refractivity contribution is 0.101. The number of rotatable bonds is 5. The van der Waals surface area contributed by atoms with Crippen molar-refractivity contribution in [1.82, 2.24) is 10.1 Å². The summed E-state index contributed by atoms with van der Waals surface area (Å²) in [4.78, 5) is 17.0. The van der Waals surface area contributed by atoms with Crippen LogP contribution in [0, 0.1) is 0 Å². The molecule has 0 aliphatic carbocycles. The molecule has 2 aromatic carbocycles. The maximum absolute atomic E-state index is 12.6. The normalized spacial score (nSPS) is 12.7. The second kappa shape index (κ2) is 7.68. The molecule has 0 radical (unpaired) electrons. The summed E-state index contributed by atoms with van der Waals surface area (Å²) in [5, 5.41) is 7.14. The van der Waals surface area contributed by atoms with E-state index >= 15 is 0 Å². The Bertz CT molecular complexity index is 1230. The van der Waals surface area contributed by atoms with E-state index < -0.39 is 5.91 Å². The summed E-state index contributed by atoms with van der Waals surface area (Å²) in [6.45, 7) is 3.54. The Labute approximate surface area is 175 Å². The molecule has 4 aromatic rings. The number of hydrogen-bond acceptors (Lipinski definition) is 8. The Balaban J connectivity index is 1.34. The van der Waals surface area contributed by atoms with Crippen LogP contribution in [0.1, 0.15) is 17.4 Å². The van der Waals surface area contributed by atoms with E-state index in [1.165, 1.54) is 11.3 Å². The Kier molecular flexibility index (Phi) is 4.72. The number of nitrogens with zero attached hydrogens (tertiary/aromatic N) is 2. The number of carbonyl (C=O) groups excluding carboxylic acids is 1. The molecule has 2 aromatic heterocycles. The molecule has 0 saturated carbocycles. The maximum Gasteiger partial charge on any atom is 0.279 e. The van der Waals surface area contributed by atoms with Crippen molar-refractivity contribution in [3.05, 3.63) is 48.2 Å². The van der Waals surface area contributed by atoms with Crippen LogP contribution in [0.15, 0.2) is 47.0 Å². The topological polar surface area (TPSA) is 95.7 Å². The lowest BCUT2D eigenvalue weighted by Gasteiger charge is -2.18. The van der Waals surface area contributed by atoms with Gasteiger partial charge in [0.2, 0.25) is 0 Å². The first-order chi connectivity index (χ1) is 14.7. The first-order valence-corrected chi connectivity index (χ1v) is 10.2. The first-order valence-electron chi connectivity index (χ1n) is 9.41. The van der Waals surface area contributed by atoms with Gasteiger partial charge in [0.1, 0.15) is 19.0 Å². The van der Waals surface area contributed by atoms with Gasteiger partial charge in [0.05, 0.1) is 16.8 Å². The highest BCUT2D eigenvalue weighted by atomic mass is 32.1. The number of nitrogens with one attached hydrogen (secondary N) is 1. The van der Waals surface area contributed by atoms with Gasteiger partial charge in [0.25, 0.3) is 5.91 Å². The van der Waals surface area contributed by atoms with Crippen molar-refractivity contribution in [2.45, 2.75) is 6.92 Å². The molecule has 0 bridgehead atoms.